The van der Waals surface area contributed by atoms with Crippen LogP contribution in [0.2, 0.25) is 10.2 Å². The van der Waals surface area contributed by atoms with Gasteiger partial charge in [0, 0.05) is 13.3 Å². The molecule has 0 unspecified atom stereocenters. The molecule has 4 nitrogen and oxygen atoms in total. The summed E-state index contributed by atoms with van der Waals surface area (Å²) in [7, 11) is 1.59. The average molecular weight is 349 g/mol. The molecule has 0 spiro atoms. The SMILES string of the molecule is COCc1nc(-c2ccc(Cl)cn2)nc(Cl)c1Br. The van der Waals surface area contributed by atoms with Crippen LogP contribution >= 0.6 is 39.1 Å². The van der Waals surface area contributed by atoms with E-state index < -0.39 is 0 Å². The third-order valence-corrected chi connectivity index (χ3v) is 3.68. The highest BCUT2D eigenvalue weighted by Gasteiger charge is 2.12. The van der Waals surface area contributed by atoms with Gasteiger partial charge in [0.05, 0.1) is 21.8 Å². The summed E-state index contributed by atoms with van der Waals surface area (Å²) in [6, 6.07) is 3.46. The van der Waals surface area contributed by atoms with Crippen LogP contribution in [0.25, 0.3) is 11.5 Å². The first-order chi connectivity index (χ1) is 8.61. The molecule has 0 aliphatic heterocycles. The van der Waals surface area contributed by atoms with Crippen LogP contribution in [0.5, 0.6) is 0 Å². The molecular formula is C11H8BrCl2N3O. The van der Waals surface area contributed by atoms with Crippen LogP contribution in [0.3, 0.4) is 0 Å². The fourth-order valence-electron chi connectivity index (χ4n) is 1.32. The minimum Gasteiger partial charge on any atom is -0.378 e. The topological polar surface area (TPSA) is 47.9 Å². The van der Waals surface area contributed by atoms with Crippen LogP contribution in [-0.4, -0.2) is 22.1 Å². The summed E-state index contributed by atoms with van der Waals surface area (Å²) in [6.07, 6.45) is 1.53. The van der Waals surface area contributed by atoms with Crippen molar-refractivity contribution in [3.8, 4) is 11.5 Å². The highest BCUT2D eigenvalue weighted by atomic mass is 79.9. The van der Waals surface area contributed by atoms with Crippen molar-refractivity contribution in [3.63, 3.8) is 0 Å². The Bertz CT molecular complexity index is 563. The number of ether oxygens (including phenoxy) is 1. The second-order valence-corrected chi connectivity index (χ2v) is 4.98. The van der Waals surface area contributed by atoms with Gasteiger partial charge in [0.1, 0.15) is 10.8 Å². The molecule has 18 heavy (non-hydrogen) atoms. The predicted octanol–water partition coefficient (Wildman–Crippen LogP) is 3.75. The zero-order chi connectivity index (χ0) is 13.1. The highest BCUT2D eigenvalue weighted by molar-refractivity contribution is 9.10. The van der Waals surface area contributed by atoms with Crippen molar-refractivity contribution in [1.29, 1.82) is 0 Å². The van der Waals surface area contributed by atoms with Gasteiger partial charge >= 0.3 is 0 Å². The van der Waals surface area contributed by atoms with Crippen molar-refractivity contribution < 1.29 is 4.74 Å². The molecule has 0 N–H and O–H groups in total. The van der Waals surface area contributed by atoms with Gasteiger partial charge in [-0.2, -0.15) is 0 Å². The van der Waals surface area contributed by atoms with Crippen LogP contribution in [0.15, 0.2) is 22.8 Å². The summed E-state index contributed by atoms with van der Waals surface area (Å²) in [5, 5.41) is 0.878. The quantitative estimate of drug-likeness (QED) is 0.792. The lowest BCUT2D eigenvalue weighted by atomic mass is 10.3. The van der Waals surface area contributed by atoms with Crippen LogP contribution < -0.4 is 0 Å². The lowest BCUT2D eigenvalue weighted by molar-refractivity contribution is 0.181. The number of aromatic nitrogens is 3. The maximum absolute atomic E-state index is 6.03. The van der Waals surface area contributed by atoms with E-state index in [1.807, 2.05) is 0 Å². The average Bonchev–Trinajstić information content (AvgIpc) is 2.36. The first-order valence-corrected chi connectivity index (χ1v) is 6.49. The minimum absolute atomic E-state index is 0.323. The van der Waals surface area contributed by atoms with Gasteiger partial charge in [-0.05, 0) is 28.1 Å². The number of halogens is 3. The Morgan fingerprint density at radius 3 is 2.67 bits per heavy atom. The van der Waals surface area contributed by atoms with E-state index in [9.17, 15) is 0 Å². The van der Waals surface area contributed by atoms with Gasteiger partial charge < -0.3 is 4.74 Å². The second kappa shape index (κ2) is 5.93. The Hall–Kier alpha value is -0.750. The van der Waals surface area contributed by atoms with Crippen molar-refractivity contribution in [2.24, 2.45) is 0 Å². The van der Waals surface area contributed by atoms with Gasteiger partial charge in [-0.25, -0.2) is 9.97 Å². The molecule has 94 valence electrons. The van der Waals surface area contributed by atoms with E-state index in [2.05, 4.69) is 30.9 Å². The summed E-state index contributed by atoms with van der Waals surface area (Å²) in [6.45, 7) is 0.337. The van der Waals surface area contributed by atoms with Gasteiger partial charge in [-0.15, -0.1) is 0 Å². The predicted molar refractivity (Wildman–Crippen MR) is 73.7 cm³/mol. The molecule has 0 bridgehead atoms. The van der Waals surface area contributed by atoms with Gasteiger partial charge in [0.15, 0.2) is 5.82 Å². The number of hydrogen-bond donors (Lipinski definition) is 0. The molecule has 0 aromatic carbocycles. The fraction of sp³-hybridized carbons (Fsp3) is 0.182. The van der Waals surface area contributed by atoms with E-state index >= 15 is 0 Å². The third-order valence-electron chi connectivity index (χ3n) is 2.12. The fourth-order valence-corrected chi connectivity index (χ4v) is 1.91. The second-order valence-electron chi connectivity index (χ2n) is 3.39. The minimum atomic E-state index is 0.323. The maximum Gasteiger partial charge on any atom is 0.179 e. The molecule has 0 saturated carbocycles. The van der Waals surface area contributed by atoms with Gasteiger partial charge in [-0.1, -0.05) is 23.2 Å². The van der Waals surface area contributed by atoms with E-state index in [1.165, 1.54) is 6.20 Å². The first-order valence-electron chi connectivity index (χ1n) is 4.94. The molecule has 0 radical (unpaired) electrons. The van der Waals surface area contributed by atoms with Crippen molar-refractivity contribution in [3.05, 3.63) is 38.7 Å². The molecule has 0 aliphatic rings. The number of methoxy groups -OCH3 is 1. The maximum atomic E-state index is 6.03. The molecule has 7 heteroatoms. The summed E-state index contributed by atoms with van der Waals surface area (Å²) in [4.78, 5) is 12.7. The molecule has 2 aromatic rings. The number of rotatable bonds is 3. The Morgan fingerprint density at radius 1 is 1.28 bits per heavy atom. The molecule has 2 heterocycles. The summed E-state index contributed by atoms with van der Waals surface area (Å²) >= 11 is 15.1. The Morgan fingerprint density at radius 2 is 2.06 bits per heavy atom. The van der Waals surface area contributed by atoms with E-state index in [-0.39, 0.29) is 0 Å². The largest absolute Gasteiger partial charge is 0.378 e. The van der Waals surface area contributed by atoms with Crippen LogP contribution in [0.4, 0.5) is 0 Å². The van der Waals surface area contributed by atoms with Crippen LogP contribution in [-0.2, 0) is 11.3 Å². The van der Waals surface area contributed by atoms with Crippen molar-refractivity contribution >= 4 is 39.1 Å². The summed E-state index contributed by atoms with van der Waals surface area (Å²) in [5.74, 6) is 0.437. The zero-order valence-electron chi connectivity index (χ0n) is 9.32. The normalized spacial score (nSPS) is 10.7. The highest BCUT2D eigenvalue weighted by Crippen LogP contribution is 2.27. The molecule has 0 amide bonds. The molecule has 2 rings (SSSR count). The monoisotopic (exact) mass is 347 g/mol. The van der Waals surface area contributed by atoms with Crippen molar-refractivity contribution in [2.45, 2.75) is 6.61 Å². The van der Waals surface area contributed by atoms with E-state index in [1.54, 1.807) is 19.2 Å². The lowest BCUT2D eigenvalue weighted by Gasteiger charge is -2.07. The van der Waals surface area contributed by atoms with Gasteiger partial charge in [0.2, 0.25) is 0 Å². The molecule has 0 saturated heterocycles. The third kappa shape index (κ3) is 2.98. The molecule has 0 fully saturated rings. The molecular weight excluding hydrogens is 341 g/mol. The smallest absolute Gasteiger partial charge is 0.179 e. The Labute approximate surface area is 122 Å². The van der Waals surface area contributed by atoms with Crippen molar-refractivity contribution in [2.75, 3.05) is 7.11 Å². The standard InChI is InChI=1S/C11H8BrCl2N3O/c1-18-5-8-9(12)10(14)17-11(16-8)7-3-2-6(13)4-15-7/h2-4H,5H2,1H3. The van der Waals surface area contributed by atoms with Crippen LogP contribution in [0.1, 0.15) is 5.69 Å². The zero-order valence-corrected chi connectivity index (χ0v) is 12.4. The number of nitrogens with zero attached hydrogens (tertiary/aromatic N) is 3. The van der Waals surface area contributed by atoms with E-state index in [0.717, 1.165) is 0 Å². The molecule has 0 atom stereocenters. The van der Waals surface area contributed by atoms with Crippen molar-refractivity contribution in [1.82, 2.24) is 15.0 Å². The Kier molecular flexibility index (Phi) is 4.50. The van der Waals surface area contributed by atoms with Crippen LogP contribution in [0, 0.1) is 0 Å². The summed E-state index contributed by atoms with van der Waals surface area (Å²) in [5.41, 5.74) is 1.27. The molecule has 2 aromatic heterocycles. The van der Waals surface area contributed by atoms with E-state index in [0.29, 0.717) is 38.5 Å². The lowest BCUT2D eigenvalue weighted by Crippen LogP contribution is -2.00. The first kappa shape index (κ1) is 13.7. The summed E-state index contributed by atoms with van der Waals surface area (Å²) < 4.78 is 5.68. The number of pyridine rings is 1. The van der Waals surface area contributed by atoms with Gasteiger partial charge in [-0.3, -0.25) is 4.98 Å². The number of hydrogen-bond acceptors (Lipinski definition) is 4. The molecule has 0 aliphatic carbocycles. The Balaban J connectivity index is 2.48. The van der Waals surface area contributed by atoms with Gasteiger partial charge in [0.25, 0.3) is 0 Å². The van der Waals surface area contributed by atoms with E-state index in [4.69, 9.17) is 27.9 Å².